The van der Waals surface area contributed by atoms with Crippen LogP contribution in [0.2, 0.25) is 0 Å². The molecule has 0 aliphatic carbocycles. The summed E-state index contributed by atoms with van der Waals surface area (Å²) in [6, 6.07) is 9.45. The SMILES string of the molecule is CCOCCCCOCC(O)COc1ccccc1. The lowest BCUT2D eigenvalue weighted by Gasteiger charge is -2.12. The zero-order valence-electron chi connectivity index (χ0n) is 11.6. The molecular weight excluding hydrogens is 244 g/mol. The Morgan fingerprint density at radius 1 is 1.00 bits per heavy atom. The van der Waals surface area contributed by atoms with Crippen LogP contribution in [0.15, 0.2) is 30.3 Å². The van der Waals surface area contributed by atoms with Gasteiger partial charge in [0, 0.05) is 19.8 Å². The quantitative estimate of drug-likeness (QED) is 0.625. The number of benzene rings is 1. The topological polar surface area (TPSA) is 47.9 Å². The van der Waals surface area contributed by atoms with Gasteiger partial charge in [0.05, 0.1) is 6.61 Å². The second kappa shape index (κ2) is 10.8. The van der Waals surface area contributed by atoms with E-state index in [1.54, 1.807) is 0 Å². The van der Waals surface area contributed by atoms with Crippen molar-refractivity contribution in [2.24, 2.45) is 0 Å². The summed E-state index contributed by atoms with van der Waals surface area (Å²) in [6.45, 7) is 4.73. The van der Waals surface area contributed by atoms with Crippen LogP contribution < -0.4 is 4.74 Å². The van der Waals surface area contributed by atoms with Gasteiger partial charge in [-0.05, 0) is 31.9 Å². The summed E-state index contributed by atoms with van der Waals surface area (Å²) in [5, 5.41) is 9.68. The maximum Gasteiger partial charge on any atom is 0.119 e. The summed E-state index contributed by atoms with van der Waals surface area (Å²) in [5.74, 6) is 0.762. The number of rotatable bonds is 11. The standard InChI is InChI=1S/C15H24O4/c1-2-17-10-6-7-11-18-12-14(16)13-19-15-8-4-3-5-9-15/h3-5,8-9,14,16H,2,6-7,10-13H2,1H3. The lowest BCUT2D eigenvalue weighted by Crippen LogP contribution is -2.23. The molecule has 0 heterocycles. The van der Waals surface area contributed by atoms with E-state index in [1.807, 2.05) is 37.3 Å². The molecule has 0 aliphatic heterocycles. The highest BCUT2D eigenvalue weighted by atomic mass is 16.5. The molecule has 19 heavy (non-hydrogen) atoms. The summed E-state index contributed by atoms with van der Waals surface area (Å²) in [7, 11) is 0. The summed E-state index contributed by atoms with van der Waals surface area (Å²) in [6.07, 6.45) is 1.35. The lowest BCUT2D eigenvalue weighted by atomic mass is 10.3. The Bertz CT molecular complexity index is 302. The third-order valence-electron chi connectivity index (χ3n) is 2.53. The second-order valence-electron chi connectivity index (χ2n) is 4.26. The molecule has 1 N–H and O–H groups in total. The molecule has 1 unspecified atom stereocenters. The van der Waals surface area contributed by atoms with Gasteiger partial charge in [0.1, 0.15) is 18.5 Å². The molecule has 0 saturated carbocycles. The molecule has 0 fully saturated rings. The van der Waals surface area contributed by atoms with E-state index in [9.17, 15) is 5.11 Å². The summed E-state index contributed by atoms with van der Waals surface area (Å²) in [5.41, 5.74) is 0. The highest BCUT2D eigenvalue weighted by molar-refractivity contribution is 5.20. The maximum absolute atomic E-state index is 9.68. The van der Waals surface area contributed by atoms with Gasteiger partial charge < -0.3 is 19.3 Å². The van der Waals surface area contributed by atoms with E-state index in [4.69, 9.17) is 14.2 Å². The number of hydrogen-bond acceptors (Lipinski definition) is 4. The van der Waals surface area contributed by atoms with Gasteiger partial charge in [0.2, 0.25) is 0 Å². The Balaban J connectivity index is 1.95. The van der Waals surface area contributed by atoms with Crippen molar-refractivity contribution in [3.8, 4) is 5.75 Å². The van der Waals surface area contributed by atoms with Crippen LogP contribution in [0.3, 0.4) is 0 Å². The minimum atomic E-state index is -0.591. The molecule has 1 aromatic rings. The van der Waals surface area contributed by atoms with E-state index in [1.165, 1.54) is 0 Å². The number of ether oxygens (including phenoxy) is 3. The number of aliphatic hydroxyl groups excluding tert-OH is 1. The molecule has 0 aliphatic rings. The fourth-order valence-electron chi connectivity index (χ4n) is 1.53. The first-order chi connectivity index (χ1) is 9.33. The third kappa shape index (κ3) is 8.59. The van der Waals surface area contributed by atoms with Gasteiger partial charge in [0.15, 0.2) is 0 Å². The third-order valence-corrected chi connectivity index (χ3v) is 2.53. The largest absolute Gasteiger partial charge is 0.491 e. The van der Waals surface area contributed by atoms with E-state index in [2.05, 4.69) is 0 Å². The molecule has 1 rings (SSSR count). The van der Waals surface area contributed by atoms with Crippen molar-refractivity contribution >= 4 is 0 Å². The lowest BCUT2D eigenvalue weighted by molar-refractivity contribution is 0.00943. The monoisotopic (exact) mass is 268 g/mol. The summed E-state index contributed by atoms with van der Waals surface area (Å²) in [4.78, 5) is 0. The van der Waals surface area contributed by atoms with Gasteiger partial charge in [-0.3, -0.25) is 0 Å². The predicted molar refractivity (Wildman–Crippen MR) is 74.5 cm³/mol. The molecular formula is C15H24O4. The zero-order valence-corrected chi connectivity index (χ0v) is 11.6. The fraction of sp³-hybridized carbons (Fsp3) is 0.600. The average molecular weight is 268 g/mol. The van der Waals surface area contributed by atoms with Crippen molar-refractivity contribution in [2.45, 2.75) is 25.9 Å². The van der Waals surface area contributed by atoms with Crippen molar-refractivity contribution in [2.75, 3.05) is 33.0 Å². The van der Waals surface area contributed by atoms with Crippen LogP contribution in [0.25, 0.3) is 0 Å². The second-order valence-corrected chi connectivity index (χ2v) is 4.26. The molecule has 0 amide bonds. The van der Waals surface area contributed by atoms with E-state index in [-0.39, 0.29) is 6.61 Å². The van der Waals surface area contributed by atoms with Crippen molar-refractivity contribution in [3.05, 3.63) is 30.3 Å². The molecule has 1 atom stereocenters. The Labute approximate surface area is 115 Å². The maximum atomic E-state index is 9.68. The van der Waals surface area contributed by atoms with E-state index >= 15 is 0 Å². The van der Waals surface area contributed by atoms with Crippen LogP contribution in [0.4, 0.5) is 0 Å². The minimum Gasteiger partial charge on any atom is -0.491 e. The van der Waals surface area contributed by atoms with Crippen molar-refractivity contribution < 1.29 is 19.3 Å². The first kappa shape index (κ1) is 16.0. The van der Waals surface area contributed by atoms with Gasteiger partial charge in [-0.15, -0.1) is 0 Å². The molecule has 1 aromatic carbocycles. The molecule has 4 heteroatoms. The van der Waals surface area contributed by atoms with Crippen LogP contribution in [-0.4, -0.2) is 44.2 Å². The Morgan fingerprint density at radius 2 is 1.68 bits per heavy atom. The number of para-hydroxylation sites is 1. The van der Waals surface area contributed by atoms with Gasteiger partial charge in [-0.25, -0.2) is 0 Å². The molecule has 108 valence electrons. The summed E-state index contributed by atoms with van der Waals surface area (Å²) >= 11 is 0. The first-order valence-electron chi connectivity index (χ1n) is 6.84. The predicted octanol–water partition coefficient (Wildman–Crippen LogP) is 2.26. The van der Waals surface area contributed by atoms with E-state index < -0.39 is 6.10 Å². The molecule has 4 nitrogen and oxygen atoms in total. The number of aliphatic hydroxyl groups is 1. The smallest absolute Gasteiger partial charge is 0.119 e. The molecule has 0 saturated heterocycles. The minimum absolute atomic E-state index is 0.253. The molecule has 0 bridgehead atoms. The number of unbranched alkanes of at least 4 members (excludes halogenated alkanes) is 1. The molecule has 0 spiro atoms. The first-order valence-corrected chi connectivity index (χ1v) is 6.84. The fourth-order valence-corrected chi connectivity index (χ4v) is 1.53. The Hall–Kier alpha value is -1.10. The zero-order chi connectivity index (χ0) is 13.8. The number of hydrogen-bond donors (Lipinski definition) is 1. The Morgan fingerprint density at radius 3 is 2.37 bits per heavy atom. The van der Waals surface area contributed by atoms with Crippen LogP contribution in [-0.2, 0) is 9.47 Å². The van der Waals surface area contributed by atoms with E-state index in [0.717, 1.165) is 31.8 Å². The van der Waals surface area contributed by atoms with Crippen LogP contribution in [0, 0.1) is 0 Å². The van der Waals surface area contributed by atoms with Crippen LogP contribution in [0.1, 0.15) is 19.8 Å². The van der Waals surface area contributed by atoms with E-state index in [0.29, 0.717) is 13.2 Å². The average Bonchev–Trinajstić information content (AvgIpc) is 2.45. The highest BCUT2D eigenvalue weighted by Gasteiger charge is 2.05. The molecule has 0 aromatic heterocycles. The van der Waals surface area contributed by atoms with Gasteiger partial charge >= 0.3 is 0 Å². The van der Waals surface area contributed by atoms with Crippen molar-refractivity contribution in [3.63, 3.8) is 0 Å². The van der Waals surface area contributed by atoms with Gasteiger partial charge in [-0.2, -0.15) is 0 Å². The summed E-state index contributed by atoms with van der Waals surface area (Å²) < 4.78 is 16.0. The van der Waals surface area contributed by atoms with Crippen LogP contribution in [0.5, 0.6) is 5.75 Å². The van der Waals surface area contributed by atoms with Gasteiger partial charge in [-0.1, -0.05) is 18.2 Å². The normalized spacial score (nSPS) is 12.3. The highest BCUT2D eigenvalue weighted by Crippen LogP contribution is 2.08. The molecule has 0 radical (unpaired) electrons. The van der Waals surface area contributed by atoms with Crippen molar-refractivity contribution in [1.29, 1.82) is 0 Å². The van der Waals surface area contributed by atoms with Crippen LogP contribution >= 0.6 is 0 Å². The van der Waals surface area contributed by atoms with Gasteiger partial charge in [0.25, 0.3) is 0 Å². The Kier molecular flexibility index (Phi) is 9.06. The van der Waals surface area contributed by atoms with Crippen molar-refractivity contribution in [1.82, 2.24) is 0 Å².